The van der Waals surface area contributed by atoms with E-state index in [-0.39, 0.29) is 5.43 Å². The largest absolute Gasteiger partial charge is 0.543 e. The van der Waals surface area contributed by atoms with Gasteiger partial charge in [0.2, 0.25) is 13.7 Å². The normalized spacial score (nSPS) is 12.0. The highest BCUT2D eigenvalue weighted by Gasteiger charge is 2.25. The van der Waals surface area contributed by atoms with Gasteiger partial charge in [0.1, 0.15) is 22.3 Å². The van der Waals surface area contributed by atoms with Gasteiger partial charge >= 0.3 is 0 Å². The lowest BCUT2D eigenvalue weighted by Gasteiger charge is -2.24. The van der Waals surface area contributed by atoms with Crippen LogP contribution in [-0.4, -0.2) is 8.32 Å². The van der Waals surface area contributed by atoms with Crippen molar-refractivity contribution in [3.8, 4) is 5.75 Å². The maximum Gasteiger partial charge on any atom is 0.245 e. The highest BCUT2D eigenvalue weighted by Crippen LogP contribution is 2.29. The van der Waals surface area contributed by atoms with E-state index in [2.05, 4.69) is 20.0 Å². The average molecular weight is 326 g/mol. The van der Waals surface area contributed by atoms with Crippen molar-refractivity contribution in [1.29, 1.82) is 0 Å². The minimum Gasteiger partial charge on any atom is -0.543 e. The number of rotatable bonds is 5. The molecule has 4 heteroatoms. The molecule has 23 heavy (non-hydrogen) atoms. The lowest BCUT2D eigenvalue weighted by Crippen LogP contribution is -2.34. The van der Waals surface area contributed by atoms with Crippen LogP contribution in [0, 0.1) is 0 Å². The summed E-state index contributed by atoms with van der Waals surface area (Å²) in [5.41, 5.74) is 1.19. The monoisotopic (exact) mass is 326 g/mol. The van der Waals surface area contributed by atoms with Gasteiger partial charge in [-0.3, -0.25) is 4.79 Å². The lowest BCUT2D eigenvalue weighted by molar-refractivity contribution is 0.546. The lowest BCUT2D eigenvalue weighted by atomic mass is 10.1. The number of fused-ring (bicyclic) bond motifs is 2. The molecule has 3 rings (SSSR count). The van der Waals surface area contributed by atoms with Crippen molar-refractivity contribution < 1.29 is 8.84 Å². The van der Waals surface area contributed by atoms with Gasteiger partial charge in [-0.05, 0) is 43.4 Å². The summed E-state index contributed by atoms with van der Waals surface area (Å²) in [5.74, 6) is 0.662. The summed E-state index contributed by atoms with van der Waals surface area (Å²) in [6.45, 7) is 6.58. The van der Waals surface area contributed by atoms with Crippen LogP contribution in [0.4, 0.5) is 0 Å². The molecule has 0 fully saturated rings. The molecule has 0 aliphatic heterocycles. The molecule has 0 radical (unpaired) electrons. The van der Waals surface area contributed by atoms with Crippen LogP contribution < -0.4 is 9.85 Å². The maximum absolute atomic E-state index is 12.9. The van der Waals surface area contributed by atoms with Crippen molar-refractivity contribution in [1.82, 2.24) is 0 Å². The zero-order valence-electron chi connectivity index (χ0n) is 13.9. The van der Waals surface area contributed by atoms with E-state index < -0.39 is 8.32 Å². The molecule has 0 aliphatic rings. The van der Waals surface area contributed by atoms with Gasteiger partial charge in [-0.2, -0.15) is 0 Å². The Balaban J connectivity index is 2.15. The highest BCUT2D eigenvalue weighted by atomic mass is 28.4. The van der Waals surface area contributed by atoms with E-state index in [0.29, 0.717) is 27.7 Å². The Labute approximate surface area is 137 Å². The molecule has 0 atom stereocenters. The van der Waals surface area contributed by atoms with Gasteiger partial charge in [0.05, 0.1) is 5.39 Å². The van der Waals surface area contributed by atoms with Crippen LogP contribution in [0.15, 0.2) is 51.7 Å². The van der Waals surface area contributed by atoms with Crippen molar-refractivity contribution >= 4 is 30.3 Å². The Morgan fingerprint density at radius 3 is 2.57 bits per heavy atom. The first kappa shape index (κ1) is 15.8. The predicted octanol–water partition coefficient (Wildman–Crippen LogP) is 5.33. The number of benzene rings is 2. The van der Waals surface area contributed by atoms with Crippen LogP contribution in [0.25, 0.3) is 21.9 Å². The summed E-state index contributed by atoms with van der Waals surface area (Å²) in [4.78, 5) is 12.9. The number of unbranched alkanes of at least 4 members (excludes halogenated alkanes) is 1. The third-order valence-electron chi connectivity index (χ3n) is 4.09. The molecule has 0 unspecified atom stereocenters. The zero-order chi connectivity index (χ0) is 16.4. The van der Waals surface area contributed by atoms with Gasteiger partial charge in [0.25, 0.3) is 0 Å². The number of hydrogen-bond donors (Lipinski definition) is 0. The van der Waals surface area contributed by atoms with E-state index in [1.54, 1.807) is 6.07 Å². The quantitative estimate of drug-likeness (QED) is 0.470. The van der Waals surface area contributed by atoms with Crippen molar-refractivity contribution in [2.45, 2.75) is 38.9 Å². The average Bonchev–Trinajstić information content (AvgIpc) is 2.53. The second-order valence-electron chi connectivity index (χ2n) is 6.52. The van der Waals surface area contributed by atoms with Gasteiger partial charge in [-0.25, -0.2) is 0 Å². The molecule has 120 valence electrons. The van der Waals surface area contributed by atoms with E-state index >= 15 is 0 Å². The molecule has 3 aromatic rings. The van der Waals surface area contributed by atoms with Crippen LogP contribution in [0.2, 0.25) is 19.1 Å². The molecule has 0 saturated carbocycles. The highest BCUT2D eigenvalue weighted by molar-refractivity contribution is 6.71. The summed E-state index contributed by atoms with van der Waals surface area (Å²) < 4.78 is 12.2. The zero-order valence-corrected chi connectivity index (χ0v) is 14.9. The molecule has 3 nitrogen and oxygen atoms in total. The van der Waals surface area contributed by atoms with Gasteiger partial charge < -0.3 is 8.84 Å². The topological polar surface area (TPSA) is 39.4 Å². The SMILES string of the molecule is CCCC[Si](C)(C)Oc1cccc2oc3ccccc3c(=O)c12. The Kier molecular flexibility index (Phi) is 4.26. The minimum atomic E-state index is -1.85. The molecule has 0 saturated heterocycles. The maximum atomic E-state index is 12.9. The first-order chi connectivity index (χ1) is 11.0. The van der Waals surface area contributed by atoms with Gasteiger partial charge in [-0.15, -0.1) is 0 Å². The fourth-order valence-corrected chi connectivity index (χ4v) is 4.92. The summed E-state index contributed by atoms with van der Waals surface area (Å²) in [6, 6.07) is 14.0. The van der Waals surface area contributed by atoms with Crippen LogP contribution in [0.1, 0.15) is 19.8 Å². The van der Waals surface area contributed by atoms with Crippen LogP contribution in [0.3, 0.4) is 0 Å². The molecule has 0 aliphatic carbocycles. The molecule has 2 aromatic carbocycles. The number of para-hydroxylation sites is 1. The van der Waals surface area contributed by atoms with Crippen LogP contribution >= 0.6 is 0 Å². The van der Waals surface area contributed by atoms with Gasteiger partial charge in [0, 0.05) is 0 Å². The van der Waals surface area contributed by atoms with E-state index in [0.717, 1.165) is 18.9 Å². The first-order valence-corrected chi connectivity index (χ1v) is 11.3. The van der Waals surface area contributed by atoms with Crippen LogP contribution in [-0.2, 0) is 0 Å². The Morgan fingerprint density at radius 1 is 1.04 bits per heavy atom. The first-order valence-electron chi connectivity index (χ1n) is 8.15. The molecular formula is C19H22O3Si. The Hall–Kier alpha value is -2.07. The van der Waals surface area contributed by atoms with Gasteiger partial charge in [-0.1, -0.05) is 38.0 Å². The van der Waals surface area contributed by atoms with Crippen molar-refractivity contribution in [3.63, 3.8) is 0 Å². The van der Waals surface area contributed by atoms with Gasteiger partial charge in [0.15, 0.2) is 0 Å². The fraction of sp³-hybridized carbons (Fsp3) is 0.316. The standard InChI is InChI=1S/C19H22O3Si/c1-4-5-13-23(2,3)22-17-12-8-11-16-18(17)19(20)14-9-6-7-10-15(14)21-16/h6-12H,4-5,13H2,1-3H3. The molecular weight excluding hydrogens is 304 g/mol. The second-order valence-corrected chi connectivity index (χ2v) is 10.7. The second kappa shape index (κ2) is 6.20. The molecule has 1 heterocycles. The van der Waals surface area contributed by atoms with Crippen molar-refractivity contribution in [2.24, 2.45) is 0 Å². The third kappa shape index (κ3) is 3.17. The Morgan fingerprint density at radius 2 is 1.78 bits per heavy atom. The van der Waals surface area contributed by atoms with E-state index in [1.807, 2.05) is 36.4 Å². The third-order valence-corrected chi connectivity index (χ3v) is 6.42. The minimum absolute atomic E-state index is 0.0160. The summed E-state index contributed by atoms with van der Waals surface area (Å²) in [6.07, 6.45) is 2.31. The predicted molar refractivity (Wildman–Crippen MR) is 97.8 cm³/mol. The molecule has 1 aromatic heterocycles. The smallest absolute Gasteiger partial charge is 0.245 e. The molecule has 0 spiro atoms. The van der Waals surface area contributed by atoms with E-state index in [9.17, 15) is 4.79 Å². The van der Waals surface area contributed by atoms with Crippen molar-refractivity contribution in [2.75, 3.05) is 0 Å². The fourth-order valence-electron chi connectivity index (χ4n) is 2.85. The molecule has 0 N–H and O–H groups in total. The number of hydrogen-bond acceptors (Lipinski definition) is 3. The Bertz CT molecular complexity index is 896. The van der Waals surface area contributed by atoms with E-state index in [1.165, 1.54) is 0 Å². The molecule has 0 bridgehead atoms. The summed E-state index contributed by atoms with van der Waals surface area (Å²) >= 11 is 0. The van der Waals surface area contributed by atoms with E-state index in [4.69, 9.17) is 8.84 Å². The van der Waals surface area contributed by atoms with Crippen molar-refractivity contribution in [3.05, 3.63) is 52.7 Å². The molecule has 0 amide bonds. The summed E-state index contributed by atoms with van der Waals surface area (Å²) in [7, 11) is -1.85. The summed E-state index contributed by atoms with van der Waals surface area (Å²) in [5, 5.41) is 1.16. The van der Waals surface area contributed by atoms with Crippen LogP contribution in [0.5, 0.6) is 5.75 Å².